The zero-order chi connectivity index (χ0) is 16.1. The second-order valence-electron chi connectivity index (χ2n) is 6.93. The molecule has 0 N–H and O–H groups in total. The third-order valence-corrected chi connectivity index (χ3v) is 4.71. The molecule has 23 heavy (non-hydrogen) atoms. The molecule has 1 aliphatic heterocycles. The number of anilines is 1. The van der Waals surface area contributed by atoms with E-state index < -0.39 is 0 Å². The first kappa shape index (κ1) is 16.0. The van der Waals surface area contributed by atoms with Gasteiger partial charge < -0.3 is 4.90 Å². The van der Waals surface area contributed by atoms with Crippen molar-refractivity contribution in [2.24, 2.45) is 0 Å². The van der Waals surface area contributed by atoms with Crippen molar-refractivity contribution in [3.8, 4) is 0 Å². The van der Waals surface area contributed by atoms with Crippen LogP contribution in [-0.4, -0.2) is 18.1 Å². The molecule has 1 aromatic carbocycles. The number of rotatable bonds is 5. The van der Waals surface area contributed by atoms with Crippen LogP contribution in [0.4, 0.5) is 5.69 Å². The molecule has 3 rings (SSSR count). The molecule has 1 fully saturated rings. The number of pyridine rings is 1. The van der Waals surface area contributed by atoms with Crippen LogP contribution < -0.4 is 4.90 Å². The van der Waals surface area contributed by atoms with Gasteiger partial charge in [0, 0.05) is 30.2 Å². The fourth-order valence-electron chi connectivity index (χ4n) is 3.27. The summed E-state index contributed by atoms with van der Waals surface area (Å²) in [6, 6.07) is 15.4. The van der Waals surface area contributed by atoms with Gasteiger partial charge in [0.05, 0.1) is 0 Å². The van der Waals surface area contributed by atoms with Gasteiger partial charge in [-0.15, -0.1) is 0 Å². The molecule has 0 atom stereocenters. The number of hydrogen-bond donors (Lipinski definition) is 0. The Morgan fingerprint density at radius 3 is 2.39 bits per heavy atom. The molecule has 0 spiro atoms. The van der Waals surface area contributed by atoms with E-state index in [1.54, 1.807) is 0 Å². The third-order valence-electron chi connectivity index (χ3n) is 4.71. The summed E-state index contributed by atoms with van der Waals surface area (Å²) in [5.74, 6) is 0.482. The second kappa shape index (κ2) is 7.63. The average molecular weight is 308 g/mol. The van der Waals surface area contributed by atoms with Gasteiger partial charge in [-0.05, 0) is 55.7 Å². The molecule has 0 saturated carbocycles. The van der Waals surface area contributed by atoms with Crippen molar-refractivity contribution in [1.29, 1.82) is 0 Å². The highest BCUT2D eigenvalue weighted by Gasteiger charge is 2.14. The van der Waals surface area contributed by atoms with E-state index in [-0.39, 0.29) is 0 Å². The summed E-state index contributed by atoms with van der Waals surface area (Å²) in [4.78, 5) is 7.46. The zero-order valence-electron chi connectivity index (χ0n) is 14.5. The molecule has 2 heterocycles. The van der Waals surface area contributed by atoms with E-state index in [9.17, 15) is 0 Å². The first-order chi connectivity index (χ1) is 11.2. The smallest absolute Gasteiger partial charge is 0.0452 e. The summed E-state index contributed by atoms with van der Waals surface area (Å²) >= 11 is 0. The summed E-state index contributed by atoms with van der Waals surface area (Å²) in [5, 5.41) is 0. The Kier molecular flexibility index (Phi) is 5.32. The van der Waals surface area contributed by atoms with Gasteiger partial charge in [0.15, 0.2) is 0 Å². The molecule has 0 amide bonds. The van der Waals surface area contributed by atoms with Gasteiger partial charge in [0.1, 0.15) is 0 Å². The molecule has 1 aliphatic rings. The van der Waals surface area contributed by atoms with E-state index in [1.807, 2.05) is 0 Å². The van der Waals surface area contributed by atoms with E-state index in [1.165, 1.54) is 55.0 Å². The summed E-state index contributed by atoms with van der Waals surface area (Å²) in [6.07, 6.45) is 6.09. The van der Waals surface area contributed by atoms with Crippen LogP contribution in [0.25, 0.3) is 0 Å². The molecule has 2 heteroatoms. The van der Waals surface area contributed by atoms with Gasteiger partial charge in [-0.2, -0.15) is 0 Å². The first-order valence-corrected chi connectivity index (χ1v) is 9.02. The Morgan fingerprint density at radius 1 is 0.957 bits per heavy atom. The Bertz CT molecular complexity index is 613. The zero-order valence-corrected chi connectivity index (χ0v) is 14.5. The van der Waals surface area contributed by atoms with Gasteiger partial charge in [-0.3, -0.25) is 4.98 Å². The van der Waals surface area contributed by atoms with Crippen molar-refractivity contribution in [1.82, 2.24) is 4.98 Å². The number of aryl methyl sites for hydroxylation is 2. The molecule has 2 nitrogen and oxygen atoms in total. The van der Waals surface area contributed by atoms with Crippen LogP contribution >= 0.6 is 0 Å². The van der Waals surface area contributed by atoms with Gasteiger partial charge in [-0.25, -0.2) is 0 Å². The Morgan fingerprint density at radius 2 is 1.70 bits per heavy atom. The van der Waals surface area contributed by atoms with E-state index in [4.69, 9.17) is 4.98 Å². The number of nitrogens with zero attached hydrogens (tertiary/aromatic N) is 2. The minimum Gasteiger partial charge on any atom is -0.371 e. The summed E-state index contributed by atoms with van der Waals surface area (Å²) in [7, 11) is 0. The van der Waals surface area contributed by atoms with Gasteiger partial charge >= 0.3 is 0 Å². The lowest BCUT2D eigenvalue weighted by atomic mass is 10.0. The van der Waals surface area contributed by atoms with Crippen molar-refractivity contribution in [2.45, 2.75) is 51.9 Å². The maximum absolute atomic E-state index is 4.92. The SMILES string of the molecule is CC(C)c1cc(N2CCCCC2)cc(CCc2ccccc2)n1. The molecule has 0 unspecified atom stereocenters. The molecule has 0 bridgehead atoms. The normalized spacial score (nSPS) is 15.2. The van der Waals surface area contributed by atoms with Crippen LogP contribution in [0.1, 0.15) is 56.0 Å². The molecule has 2 aromatic rings. The average Bonchev–Trinajstić information content (AvgIpc) is 2.61. The van der Waals surface area contributed by atoms with Crippen LogP contribution in [0, 0.1) is 0 Å². The van der Waals surface area contributed by atoms with Crippen molar-refractivity contribution in [2.75, 3.05) is 18.0 Å². The van der Waals surface area contributed by atoms with Crippen LogP contribution in [0.3, 0.4) is 0 Å². The van der Waals surface area contributed by atoms with Gasteiger partial charge in [-0.1, -0.05) is 44.2 Å². The fourth-order valence-corrected chi connectivity index (χ4v) is 3.27. The van der Waals surface area contributed by atoms with Crippen molar-refractivity contribution >= 4 is 5.69 Å². The van der Waals surface area contributed by atoms with Crippen LogP contribution in [-0.2, 0) is 12.8 Å². The third kappa shape index (κ3) is 4.34. The minimum absolute atomic E-state index is 0.482. The van der Waals surface area contributed by atoms with Crippen LogP contribution in [0.5, 0.6) is 0 Å². The number of hydrogen-bond acceptors (Lipinski definition) is 2. The largest absolute Gasteiger partial charge is 0.371 e. The van der Waals surface area contributed by atoms with E-state index in [0.717, 1.165) is 12.8 Å². The van der Waals surface area contributed by atoms with Gasteiger partial charge in [0.25, 0.3) is 0 Å². The van der Waals surface area contributed by atoms with E-state index in [0.29, 0.717) is 5.92 Å². The lowest BCUT2D eigenvalue weighted by Crippen LogP contribution is -2.29. The van der Waals surface area contributed by atoms with Crippen molar-refractivity contribution in [3.63, 3.8) is 0 Å². The minimum atomic E-state index is 0.482. The Balaban J connectivity index is 1.79. The van der Waals surface area contributed by atoms with E-state index in [2.05, 4.69) is 61.2 Å². The monoisotopic (exact) mass is 308 g/mol. The maximum atomic E-state index is 4.92. The predicted molar refractivity (Wildman–Crippen MR) is 98.2 cm³/mol. The summed E-state index contributed by atoms with van der Waals surface area (Å²) < 4.78 is 0. The van der Waals surface area contributed by atoms with E-state index >= 15 is 0 Å². The number of benzene rings is 1. The summed E-state index contributed by atoms with van der Waals surface area (Å²) in [6.45, 7) is 6.87. The van der Waals surface area contributed by atoms with Crippen molar-refractivity contribution in [3.05, 3.63) is 59.4 Å². The lowest BCUT2D eigenvalue weighted by Gasteiger charge is -2.29. The van der Waals surface area contributed by atoms with Crippen LogP contribution in [0.2, 0.25) is 0 Å². The number of aromatic nitrogens is 1. The first-order valence-electron chi connectivity index (χ1n) is 9.02. The molecular weight excluding hydrogens is 280 g/mol. The van der Waals surface area contributed by atoms with Crippen LogP contribution in [0.15, 0.2) is 42.5 Å². The Hall–Kier alpha value is -1.83. The summed E-state index contributed by atoms with van der Waals surface area (Å²) in [5.41, 5.74) is 5.24. The quantitative estimate of drug-likeness (QED) is 0.774. The molecular formula is C21H28N2. The van der Waals surface area contributed by atoms with Gasteiger partial charge in [0.2, 0.25) is 0 Å². The predicted octanol–water partition coefficient (Wildman–Crippen LogP) is 4.98. The molecule has 1 saturated heterocycles. The highest BCUT2D eigenvalue weighted by molar-refractivity contribution is 5.49. The fraction of sp³-hybridized carbons (Fsp3) is 0.476. The number of piperidine rings is 1. The highest BCUT2D eigenvalue weighted by atomic mass is 15.1. The standard InChI is InChI=1S/C21H28N2/c1-17(2)21-16-20(23-13-7-4-8-14-23)15-19(22-21)12-11-18-9-5-3-6-10-18/h3,5-6,9-10,15-17H,4,7-8,11-14H2,1-2H3. The lowest BCUT2D eigenvalue weighted by molar-refractivity contribution is 0.576. The second-order valence-corrected chi connectivity index (χ2v) is 6.93. The molecule has 0 radical (unpaired) electrons. The molecule has 1 aromatic heterocycles. The highest BCUT2D eigenvalue weighted by Crippen LogP contribution is 2.25. The molecule has 0 aliphatic carbocycles. The molecule has 122 valence electrons. The van der Waals surface area contributed by atoms with Crippen molar-refractivity contribution < 1.29 is 0 Å². The Labute approximate surface area is 140 Å². The topological polar surface area (TPSA) is 16.1 Å². The maximum Gasteiger partial charge on any atom is 0.0452 e.